The van der Waals surface area contributed by atoms with Gasteiger partial charge in [-0.15, -0.1) is 0 Å². The van der Waals surface area contributed by atoms with E-state index >= 15 is 0 Å². The van der Waals surface area contributed by atoms with Crippen LogP contribution in [0, 0.1) is 11.8 Å². The van der Waals surface area contributed by atoms with Crippen LogP contribution in [-0.4, -0.2) is 174 Å². The normalized spacial score (nSPS) is 12.5. The zero-order chi connectivity index (χ0) is 47.8. The molecule has 3 atom stereocenters. The molecule has 0 unspecified atom stereocenters. The molecule has 22 nitrogen and oxygen atoms in total. The molecule has 0 aliphatic heterocycles. The number of aromatic nitrogens is 2. The summed E-state index contributed by atoms with van der Waals surface area (Å²) in [7, 11) is 0. The molecule has 0 aliphatic carbocycles. The van der Waals surface area contributed by atoms with E-state index in [1.165, 1.54) is 25.4 Å². The van der Waals surface area contributed by atoms with E-state index < -0.39 is 42.0 Å². The number of rotatable bonds is 45. The highest BCUT2D eigenvalue weighted by Crippen LogP contribution is 2.20. The number of Topliss-reactive ketones (excluding diaryl/α,β-unsaturated/α-hetero) is 2. The fraction of sp³-hybridized carbons (Fsp3) is 0.767. The summed E-state index contributed by atoms with van der Waals surface area (Å²) in [4.78, 5) is 91.9. The van der Waals surface area contributed by atoms with Crippen molar-refractivity contribution in [2.75, 3.05) is 112 Å². The van der Waals surface area contributed by atoms with Gasteiger partial charge in [0.15, 0.2) is 5.78 Å². The molecular formula is C43H75N8O14. The minimum absolute atomic E-state index is 0.0341. The first-order valence-electron chi connectivity index (χ1n) is 22.6. The SMILES string of the molecule is CCCCCCCC(=O)NCCOCCOCC(=O)NCCOCCOCC(=O)NCCOCCOCC(=O)NCCCC[C@H](CC(=O)[C@@H]([NH])Cc1cnc[nH]1)C(=O)C[C@@H](CO)C(N)=O. The number of aromatic amines is 1. The molecule has 9 N–H and O–H groups in total. The lowest BCUT2D eigenvalue weighted by Crippen LogP contribution is -2.33. The molecule has 0 bridgehead atoms. The molecule has 0 fully saturated rings. The van der Waals surface area contributed by atoms with E-state index in [1.54, 1.807) is 0 Å². The van der Waals surface area contributed by atoms with Crippen LogP contribution in [0.1, 0.15) is 83.2 Å². The predicted molar refractivity (Wildman–Crippen MR) is 236 cm³/mol. The average molecular weight is 928 g/mol. The number of ether oxygens (including phenoxy) is 6. The van der Waals surface area contributed by atoms with Gasteiger partial charge in [-0.25, -0.2) is 10.7 Å². The minimum atomic E-state index is -1.11. The third-order valence-corrected chi connectivity index (χ3v) is 9.67. The van der Waals surface area contributed by atoms with E-state index in [1.807, 2.05) is 0 Å². The van der Waals surface area contributed by atoms with Gasteiger partial charge < -0.3 is 65.5 Å². The van der Waals surface area contributed by atoms with Crippen LogP contribution >= 0.6 is 0 Å². The van der Waals surface area contributed by atoms with Gasteiger partial charge >= 0.3 is 0 Å². The molecule has 5 amide bonds. The first kappa shape index (κ1) is 58.6. The molecule has 1 heterocycles. The highest BCUT2D eigenvalue weighted by atomic mass is 16.5. The van der Waals surface area contributed by atoms with Gasteiger partial charge in [0.1, 0.15) is 25.6 Å². The summed E-state index contributed by atoms with van der Waals surface area (Å²) in [5.41, 5.74) is 14.1. The highest BCUT2D eigenvalue weighted by molar-refractivity contribution is 5.92. The zero-order valence-electron chi connectivity index (χ0n) is 38.2. The van der Waals surface area contributed by atoms with Crippen LogP contribution in [0.25, 0.3) is 0 Å². The van der Waals surface area contributed by atoms with E-state index in [4.69, 9.17) is 39.9 Å². The number of carbonyl (C=O) groups excluding carboxylic acids is 7. The van der Waals surface area contributed by atoms with Gasteiger partial charge in [0.05, 0.1) is 84.4 Å². The van der Waals surface area contributed by atoms with Crippen molar-refractivity contribution in [1.29, 1.82) is 0 Å². The molecule has 22 heteroatoms. The first-order valence-corrected chi connectivity index (χ1v) is 22.6. The van der Waals surface area contributed by atoms with E-state index in [-0.39, 0.29) is 128 Å². The van der Waals surface area contributed by atoms with Crippen molar-refractivity contribution < 1.29 is 67.1 Å². The number of hydrogen-bond donors (Lipinski definition) is 7. The Balaban J connectivity index is 1.99. The number of nitrogens with one attached hydrogen (secondary N) is 6. The maximum absolute atomic E-state index is 13.0. The lowest BCUT2D eigenvalue weighted by molar-refractivity contribution is -0.132. The Hall–Kier alpha value is -4.42. The van der Waals surface area contributed by atoms with Gasteiger partial charge in [0, 0.05) is 69.7 Å². The van der Waals surface area contributed by atoms with Crippen LogP contribution in [0.5, 0.6) is 0 Å². The monoisotopic (exact) mass is 928 g/mol. The lowest BCUT2D eigenvalue weighted by atomic mass is 9.85. The van der Waals surface area contributed by atoms with Crippen molar-refractivity contribution in [1.82, 2.24) is 37.0 Å². The Labute approximate surface area is 382 Å². The van der Waals surface area contributed by atoms with Crippen LogP contribution in [0.15, 0.2) is 12.5 Å². The highest BCUT2D eigenvalue weighted by Gasteiger charge is 2.28. The number of ketones is 2. The van der Waals surface area contributed by atoms with Gasteiger partial charge in [-0.3, -0.25) is 33.6 Å². The topological polar surface area (TPSA) is 322 Å². The zero-order valence-corrected chi connectivity index (χ0v) is 38.2. The van der Waals surface area contributed by atoms with Crippen LogP contribution in [0.4, 0.5) is 0 Å². The van der Waals surface area contributed by atoms with Crippen LogP contribution < -0.4 is 32.7 Å². The van der Waals surface area contributed by atoms with E-state index in [9.17, 15) is 38.7 Å². The van der Waals surface area contributed by atoms with E-state index in [0.29, 0.717) is 51.3 Å². The minimum Gasteiger partial charge on any atom is -0.396 e. The number of carbonyl (C=O) groups is 7. The second kappa shape index (κ2) is 39.9. The van der Waals surface area contributed by atoms with Crippen molar-refractivity contribution in [3.8, 4) is 0 Å². The van der Waals surface area contributed by atoms with Crippen LogP contribution in [0.2, 0.25) is 0 Å². The molecule has 1 aromatic heterocycles. The summed E-state index contributed by atoms with van der Waals surface area (Å²) < 4.78 is 32.1. The number of nitrogens with zero attached hydrogens (tertiary/aromatic N) is 1. The molecule has 371 valence electrons. The molecule has 1 radical (unpaired) electrons. The van der Waals surface area contributed by atoms with Gasteiger partial charge in [-0.05, 0) is 19.3 Å². The fourth-order valence-electron chi connectivity index (χ4n) is 5.97. The predicted octanol–water partition coefficient (Wildman–Crippen LogP) is -0.673. The number of aliphatic hydroxyl groups is 1. The van der Waals surface area contributed by atoms with Gasteiger partial charge in [0.25, 0.3) is 0 Å². The van der Waals surface area contributed by atoms with Crippen molar-refractivity contribution in [3.05, 3.63) is 18.2 Å². The first-order chi connectivity index (χ1) is 31.5. The Kier molecular flexibility index (Phi) is 36.0. The number of aliphatic hydroxyl groups excluding tert-OH is 1. The van der Waals surface area contributed by atoms with Gasteiger partial charge in [0.2, 0.25) is 29.5 Å². The van der Waals surface area contributed by atoms with Crippen molar-refractivity contribution in [2.24, 2.45) is 17.6 Å². The Bertz CT molecular complexity index is 1460. The number of unbranched alkanes of at least 4 members (excludes halogenated alkanes) is 5. The third-order valence-electron chi connectivity index (χ3n) is 9.67. The molecule has 0 aliphatic rings. The number of nitrogens with two attached hydrogens (primary N) is 1. The number of primary amides is 1. The van der Waals surface area contributed by atoms with Crippen molar-refractivity contribution >= 4 is 41.1 Å². The van der Waals surface area contributed by atoms with Crippen molar-refractivity contribution in [2.45, 2.75) is 90.0 Å². The smallest absolute Gasteiger partial charge is 0.246 e. The molecule has 1 aromatic rings. The van der Waals surface area contributed by atoms with E-state index in [2.05, 4.69) is 38.2 Å². The number of H-pyrrole nitrogens is 1. The standard InChI is InChI=1S/C43H75N8O14/c1-2-3-4-5-6-10-39(55)48-12-15-60-18-22-64-30-41(57)50-14-17-62-20-23-65-31-42(58)49-13-16-61-19-21-63-29-40(56)47-11-8-7-9-33(37(53)25-34(28-52)43(45)59)24-38(54)36(44)26-35-27-46-32-51-35/h27,32-34,36,44,52H,2-26,28-31H2,1H3,(H2,45,59)(H,46,51)(H,47,56)(H,48,55)(H,49,58)(H,50,57)/t33-,34+,36+/m1/s1. The summed E-state index contributed by atoms with van der Waals surface area (Å²) in [6, 6.07) is -1.11. The largest absolute Gasteiger partial charge is 0.396 e. The molecule has 1 rings (SSSR count). The third kappa shape index (κ3) is 33.7. The summed E-state index contributed by atoms with van der Waals surface area (Å²) in [5, 5.41) is 20.3. The fourth-order valence-corrected chi connectivity index (χ4v) is 5.97. The van der Waals surface area contributed by atoms with Crippen molar-refractivity contribution in [3.63, 3.8) is 0 Å². The second-order valence-corrected chi connectivity index (χ2v) is 15.2. The molecule has 0 saturated heterocycles. The van der Waals surface area contributed by atoms with Gasteiger partial charge in [-0.1, -0.05) is 39.0 Å². The maximum Gasteiger partial charge on any atom is 0.246 e. The lowest BCUT2D eigenvalue weighted by Gasteiger charge is -2.19. The quantitative estimate of drug-likeness (QED) is 0.0399. The summed E-state index contributed by atoms with van der Waals surface area (Å²) in [6.45, 7) is 4.56. The Morgan fingerprint density at radius 2 is 1.12 bits per heavy atom. The van der Waals surface area contributed by atoms with E-state index in [0.717, 1.165) is 19.3 Å². The average Bonchev–Trinajstić information content (AvgIpc) is 3.80. The van der Waals surface area contributed by atoms with Gasteiger partial charge in [-0.2, -0.15) is 0 Å². The number of hydrogen-bond acceptors (Lipinski definition) is 15. The second-order valence-electron chi connectivity index (χ2n) is 15.2. The molecule has 65 heavy (non-hydrogen) atoms. The molecule has 0 spiro atoms. The van der Waals surface area contributed by atoms with Crippen LogP contribution in [-0.2, 0) is 68.4 Å². The number of amides is 5. The Morgan fingerprint density at radius 1 is 0.631 bits per heavy atom. The molecule has 0 saturated carbocycles. The summed E-state index contributed by atoms with van der Waals surface area (Å²) >= 11 is 0. The maximum atomic E-state index is 13.0. The summed E-state index contributed by atoms with van der Waals surface area (Å²) in [5.74, 6) is -4.39. The molecule has 0 aromatic carbocycles. The Morgan fingerprint density at radius 3 is 1.62 bits per heavy atom. The molecular weight excluding hydrogens is 853 g/mol. The number of imidazole rings is 1. The summed E-state index contributed by atoms with van der Waals surface area (Å²) in [6.07, 6.45) is 9.90. The van der Waals surface area contributed by atoms with Crippen LogP contribution in [0.3, 0.4) is 0 Å².